The molecule has 0 spiro atoms. The summed E-state index contributed by atoms with van der Waals surface area (Å²) in [4.78, 5) is 42.3. The van der Waals surface area contributed by atoms with Crippen molar-refractivity contribution in [2.24, 2.45) is 5.41 Å². The minimum Gasteiger partial charge on any atom is -0.370 e. The second kappa shape index (κ2) is 12.0. The molecule has 0 radical (unpaired) electrons. The van der Waals surface area contributed by atoms with Gasteiger partial charge in [0.2, 0.25) is 5.91 Å². The predicted octanol–water partition coefficient (Wildman–Crippen LogP) is 3.87. The summed E-state index contributed by atoms with van der Waals surface area (Å²) in [7, 11) is 0. The van der Waals surface area contributed by atoms with Crippen LogP contribution in [0.2, 0.25) is 4.34 Å². The van der Waals surface area contributed by atoms with Gasteiger partial charge in [-0.25, -0.2) is 0 Å². The van der Waals surface area contributed by atoms with Crippen molar-refractivity contribution in [2.45, 2.75) is 33.7 Å². The number of anilines is 2. The highest BCUT2D eigenvalue weighted by Gasteiger charge is 2.29. The summed E-state index contributed by atoms with van der Waals surface area (Å²) in [6.07, 6.45) is 0. The molecule has 190 valence electrons. The van der Waals surface area contributed by atoms with Gasteiger partial charge in [-0.3, -0.25) is 19.3 Å². The molecular formula is C25H33ClN4O4S. The highest BCUT2D eigenvalue weighted by molar-refractivity contribution is 7.18. The number of carbonyl (C=O) groups is 3. The molecule has 3 rings (SSSR count). The molecule has 1 aromatic heterocycles. The first-order valence-corrected chi connectivity index (χ1v) is 12.8. The fraction of sp³-hybridized carbons (Fsp3) is 0.480. The molecule has 1 aliphatic rings. The first-order chi connectivity index (χ1) is 16.6. The third kappa shape index (κ3) is 7.76. The van der Waals surface area contributed by atoms with Crippen molar-refractivity contribution in [3.63, 3.8) is 0 Å². The fourth-order valence-electron chi connectivity index (χ4n) is 3.89. The first kappa shape index (κ1) is 27.1. The molecule has 35 heavy (non-hydrogen) atoms. The number of rotatable bonds is 9. The van der Waals surface area contributed by atoms with Crippen molar-refractivity contribution in [1.29, 1.82) is 0 Å². The van der Waals surface area contributed by atoms with E-state index in [2.05, 4.69) is 36.3 Å². The summed E-state index contributed by atoms with van der Waals surface area (Å²) < 4.78 is 5.72. The molecule has 0 aliphatic carbocycles. The van der Waals surface area contributed by atoms with E-state index in [1.807, 2.05) is 19.1 Å². The number of hydrogen-bond donors (Lipinski definition) is 2. The summed E-state index contributed by atoms with van der Waals surface area (Å²) in [5.41, 5.74) is 1.34. The number of ether oxygens (including phenoxy) is 1. The second-order valence-corrected chi connectivity index (χ2v) is 11.3. The number of benzene rings is 1. The van der Waals surface area contributed by atoms with Gasteiger partial charge in [-0.15, -0.1) is 11.3 Å². The van der Waals surface area contributed by atoms with E-state index in [0.29, 0.717) is 41.1 Å². The molecule has 3 amide bonds. The lowest BCUT2D eigenvalue weighted by molar-refractivity contribution is -0.125. The SMILES string of the molecule is CCN(CC(C)(C)C)[C@@H](CNC(=O)c1ccc(Cl)s1)C(=O)Nc1ccc(N2CCOCC2=O)cc1. The Labute approximate surface area is 215 Å². The van der Waals surface area contributed by atoms with Crippen molar-refractivity contribution >= 4 is 52.0 Å². The molecule has 8 nitrogen and oxygen atoms in total. The Bertz CT molecular complexity index is 1030. The lowest BCUT2D eigenvalue weighted by Crippen LogP contribution is -2.52. The zero-order valence-corrected chi connectivity index (χ0v) is 22.2. The third-order valence-corrected chi connectivity index (χ3v) is 6.74. The van der Waals surface area contributed by atoms with Crippen molar-refractivity contribution in [2.75, 3.05) is 49.6 Å². The van der Waals surface area contributed by atoms with Crippen LogP contribution in [0.1, 0.15) is 37.4 Å². The number of nitrogens with one attached hydrogen (secondary N) is 2. The van der Waals surface area contributed by atoms with E-state index in [0.717, 1.165) is 5.69 Å². The lowest BCUT2D eigenvalue weighted by Gasteiger charge is -2.35. The summed E-state index contributed by atoms with van der Waals surface area (Å²) in [6, 6.07) is 9.95. The molecule has 1 aromatic carbocycles. The minimum atomic E-state index is -0.570. The van der Waals surface area contributed by atoms with Gasteiger partial charge >= 0.3 is 0 Å². The Hall–Kier alpha value is -2.46. The number of hydrogen-bond acceptors (Lipinski definition) is 6. The molecule has 1 aliphatic heterocycles. The van der Waals surface area contributed by atoms with Crippen LogP contribution in [-0.2, 0) is 14.3 Å². The number of likely N-dealkylation sites (N-methyl/N-ethyl adjacent to an activating group) is 1. The van der Waals surface area contributed by atoms with Gasteiger partial charge in [0.05, 0.1) is 15.8 Å². The van der Waals surface area contributed by atoms with Gasteiger partial charge in [0.15, 0.2) is 0 Å². The largest absolute Gasteiger partial charge is 0.370 e. The maximum absolute atomic E-state index is 13.4. The number of halogens is 1. The van der Waals surface area contributed by atoms with E-state index in [1.165, 1.54) is 11.3 Å². The van der Waals surface area contributed by atoms with Gasteiger partial charge in [0.1, 0.15) is 12.6 Å². The molecule has 0 unspecified atom stereocenters. The number of morpholine rings is 1. The van der Waals surface area contributed by atoms with Gasteiger partial charge in [-0.2, -0.15) is 0 Å². The highest BCUT2D eigenvalue weighted by atomic mass is 35.5. The lowest BCUT2D eigenvalue weighted by atomic mass is 9.95. The standard InChI is InChI=1S/C25H33ClN4O4S/c1-5-29(16-25(2,3)4)19(14-27-24(33)20-10-11-21(26)35-20)23(32)28-17-6-8-18(9-7-17)30-12-13-34-15-22(30)31/h6-11,19H,5,12-16H2,1-4H3,(H,27,33)(H,28,32)/t19-/m0/s1. The average molecular weight is 521 g/mol. The quantitative estimate of drug-likeness (QED) is 0.524. The first-order valence-electron chi connectivity index (χ1n) is 11.6. The van der Waals surface area contributed by atoms with Gasteiger partial charge in [0.25, 0.3) is 11.8 Å². The summed E-state index contributed by atoms with van der Waals surface area (Å²) in [5.74, 6) is -0.557. The molecule has 10 heteroatoms. The smallest absolute Gasteiger partial charge is 0.261 e. The van der Waals surface area contributed by atoms with Gasteiger partial charge in [-0.05, 0) is 48.4 Å². The third-order valence-electron chi connectivity index (χ3n) is 5.51. The van der Waals surface area contributed by atoms with E-state index in [1.54, 1.807) is 29.2 Å². The molecular weight excluding hydrogens is 488 g/mol. The van der Waals surface area contributed by atoms with Crippen molar-refractivity contribution < 1.29 is 19.1 Å². The topological polar surface area (TPSA) is 91.0 Å². The Morgan fingerprint density at radius 1 is 1.20 bits per heavy atom. The van der Waals surface area contributed by atoms with E-state index in [4.69, 9.17) is 16.3 Å². The van der Waals surface area contributed by atoms with Crippen LogP contribution in [0.25, 0.3) is 0 Å². The zero-order chi connectivity index (χ0) is 25.6. The van der Waals surface area contributed by atoms with Crippen LogP contribution in [0.5, 0.6) is 0 Å². The van der Waals surface area contributed by atoms with Crippen LogP contribution in [0.15, 0.2) is 36.4 Å². The Balaban J connectivity index is 1.72. The van der Waals surface area contributed by atoms with Crippen molar-refractivity contribution in [3.05, 3.63) is 45.6 Å². The molecule has 2 aromatic rings. The molecule has 2 N–H and O–H groups in total. The van der Waals surface area contributed by atoms with Crippen molar-refractivity contribution in [1.82, 2.24) is 10.2 Å². The Kier molecular flexibility index (Phi) is 9.29. The predicted molar refractivity (Wildman–Crippen MR) is 140 cm³/mol. The molecule has 2 heterocycles. The van der Waals surface area contributed by atoms with E-state index >= 15 is 0 Å². The summed E-state index contributed by atoms with van der Waals surface area (Å²) >= 11 is 7.16. The number of carbonyl (C=O) groups excluding carboxylic acids is 3. The van der Waals surface area contributed by atoms with Crippen LogP contribution in [0.4, 0.5) is 11.4 Å². The molecule has 0 saturated carbocycles. The monoisotopic (exact) mass is 520 g/mol. The van der Waals surface area contributed by atoms with Crippen LogP contribution in [0.3, 0.4) is 0 Å². The second-order valence-electron chi connectivity index (χ2n) is 9.59. The van der Waals surface area contributed by atoms with Gasteiger partial charge < -0.3 is 20.3 Å². The van der Waals surface area contributed by atoms with E-state index in [9.17, 15) is 14.4 Å². The summed E-state index contributed by atoms with van der Waals surface area (Å²) in [6.45, 7) is 10.9. The van der Waals surface area contributed by atoms with Gasteiger partial charge in [-0.1, -0.05) is 39.3 Å². The van der Waals surface area contributed by atoms with Crippen LogP contribution in [0, 0.1) is 5.41 Å². The maximum Gasteiger partial charge on any atom is 0.261 e. The number of amides is 3. The normalized spacial score (nSPS) is 15.3. The zero-order valence-electron chi connectivity index (χ0n) is 20.6. The minimum absolute atomic E-state index is 0.0355. The Morgan fingerprint density at radius 3 is 2.49 bits per heavy atom. The molecule has 1 saturated heterocycles. The van der Waals surface area contributed by atoms with E-state index in [-0.39, 0.29) is 36.3 Å². The van der Waals surface area contributed by atoms with Gasteiger partial charge in [0, 0.05) is 31.0 Å². The highest BCUT2D eigenvalue weighted by Crippen LogP contribution is 2.23. The van der Waals surface area contributed by atoms with Crippen LogP contribution >= 0.6 is 22.9 Å². The maximum atomic E-state index is 13.4. The summed E-state index contributed by atoms with van der Waals surface area (Å²) in [5, 5.41) is 5.86. The van der Waals surface area contributed by atoms with Crippen LogP contribution < -0.4 is 15.5 Å². The number of thiophene rings is 1. The number of nitrogens with zero attached hydrogens (tertiary/aromatic N) is 2. The van der Waals surface area contributed by atoms with E-state index < -0.39 is 6.04 Å². The van der Waals surface area contributed by atoms with Crippen molar-refractivity contribution in [3.8, 4) is 0 Å². The Morgan fingerprint density at radius 2 is 1.91 bits per heavy atom. The fourth-order valence-corrected chi connectivity index (χ4v) is 4.85. The molecule has 1 fully saturated rings. The average Bonchev–Trinajstić information content (AvgIpc) is 3.25. The van der Waals surface area contributed by atoms with Crippen LogP contribution in [-0.4, -0.2) is 68.1 Å². The molecule has 1 atom stereocenters. The molecule has 0 bridgehead atoms.